The Balaban J connectivity index is 2.36. The molecule has 16 heavy (non-hydrogen) atoms. The van der Waals surface area contributed by atoms with Gasteiger partial charge in [-0.1, -0.05) is 6.92 Å². The van der Waals surface area contributed by atoms with E-state index in [4.69, 9.17) is 9.84 Å². The van der Waals surface area contributed by atoms with Crippen LogP contribution in [0.5, 0.6) is 0 Å². The highest BCUT2D eigenvalue weighted by atomic mass is 16.5. The summed E-state index contributed by atoms with van der Waals surface area (Å²) < 4.78 is 5.48. The second-order valence-corrected chi connectivity index (χ2v) is 4.23. The molecule has 1 aliphatic heterocycles. The molecule has 5 heteroatoms. The van der Waals surface area contributed by atoms with Crippen molar-refractivity contribution in [1.82, 2.24) is 10.2 Å². The molecule has 2 N–H and O–H groups in total. The number of ether oxygens (including phenoxy) is 1. The van der Waals surface area contributed by atoms with E-state index >= 15 is 0 Å². The first-order valence-electron chi connectivity index (χ1n) is 5.92. The van der Waals surface area contributed by atoms with Crippen molar-refractivity contribution in [3.05, 3.63) is 0 Å². The van der Waals surface area contributed by atoms with Gasteiger partial charge in [0.05, 0.1) is 25.4 Å². The summed E-state index contributed by atoms with van der Waals surface area (Å²) in [5, 5.41) is 12.1. The van der Waals surface area contributed by atoms with Gasteiger partial charge in [0.1, 0.15) is 0 Å². The van der Waals surface area contributed by atoms with Crippen molar-refractivity contribution in [2.45, 2.75) is 32.5 Å². The molecular formula is C11H22N2O3. The Hall–Kier alpha value is -0.650. The maximum atomic E-state index is 11.8. The Morgan fingerprint density at radius 2 is 2.31 bits per heavy atom. The summed E-state index contributed by atoms with van der Waals surface area (Å²) in [7, 11) is 0. The number of aliphatic hydroxyl groups excluding tert-OH is 1. The third-order valence-electron chi connectivity index (χ3n) is 2.59. The van der Waals surface area contributed by atoms with Crippen LogP contribution in [0.25, 0.3) is 0 Å². The smallest absolute Gasteiger partial charge is 0.236 e. The lowest BCUT2D eigenvalue weighted by Crippen LogP contribution is -2.52. The van der Waals surface area contributed by atoms with Gasteiger partial charge in [-0.2, -0.15) is 0 Å². The first-order valence-corrected chi connectivity index (χ1v) is 5.92. The van der Waals surface area contributed by atoms with E-state index in [-0.39, 0.29) is 24.7 Å². The zero-order chi connectivity index (χ0) is 12.0. The molecule has 0 aromatic heterocycles. The fourth-order valence-corrected chi connectivity index (χ4v) is 1.83. The topological polar surface area (TPSA) is 61.8 Å². The molecule has 0 radical (unpaired) electrons. The number of carbonyl (C=O) groups is 1. The van der Waals surface area contributed by atoms with Gasteiger partial charge in [0.15, 0.2) is 0 Å². The van der Waals surface area contributed by atoms with E-state index in [0.717, 1.165) is 13.0 Å². The van der Waals surface area contributed by atoms with Crippen molar-refractivity contribution in [2.24, 2.45) is 0 Å². The van der Waals surface area contributed by atoms with Crippen LogP contribution < -0.4 is 5.32 Å². The first kappa shape index (κ1) is 13.4. The summed E-state index contributed by atoms with van der Waals surface area (Å²) >= 11 is 0. The number of hydrogen-bond acceptors (Lipinski definition) is 4. The van der Waals surface area contributed by atoms with Gasteiger partial charge < -0.3 is 20.1 Å². The van der Waals surface area contributed by atoms with Crippen LogP contribution in [-0.4, -0.2) is 60.9 Å². The van der Waals surface area contributed by atoms with Gasteiger partial charge in [0.25, 0.3) is 0 Å². The molecule has 2 atom stereocenters. The Morgan fingerprint density at radius 3 is 2.94 bits per heavy atom. The lowest BCUT2D eigenvalue weighted by atomic mass is 10.2. The van der Waals surface area contributed by atoms with E-state index in [0.29, 0.717) is 19.6 Å². The molecule has 1 amide bonds. The second kappa shape index (κ2) is 6.83. The Bertz CT molecular complexity index is 223. The van der Waals surface area contributed by atoms with E-state index in [1.807, 2.05) is 6.92 Å². The SMILES string of the molecule is CCCNCC(=O)N1CC(C)OC(CO)C1. The molecule has 1 saturated heterocycles. The zero-order valence-corrected chi connectivity index (χ0v) is 10.1. The summed E-state index contributed by atoms with van der Waals surface area (Å²) in [4.78, 5) is 13.6. The Morgan fingerprint density at radius 1 is 1.56 bits per heavy atom. The Labute approximate surface area is 96.8 Å². The van der Waals surface area contributed by atoms with E-state index in [1.54, 1.807) is 4.90 Å². The molecule has 2 unspecified atom stereocenters. The lowest BCUT2D eigenvalue weighted by Gasteiger charge is -2.36. The molecule has 1 heterocycles. The normalized spacial score (nSPS) is 25.8. The third-order valence-corrected chi connectivity index (χ3v) is 2.59. The van der Waals surface area contributed by atoms with Crippen LogP contribution >= 0.6 is 0 Å². The maximum absolute atomic E-state index is 11.8. The molecule has 5 nitrogen and oxygen atoms in total. The minimum Gasteiger partial charge on any atom is -0.394 e. The first-order chi connectivity index (χ1) is 7.67. The van der Waals surface area contributed by atoms with E-state index in [9.17, 15) is 4.79 Å². The Kier molecular flexibility index (Phi) is 5.73. The van der Waals surface area contributed by atoms with Crippen LogP contribution in [0.3, 0.4) is 0 Å². The molecule has 0 saturated carbocycles. The predicted molar refractivity (Wildman–Crippen MR) is 61.2 cm³/mol. The van der Waals surface area contributed by atoms with Crippen molar-refractivity contribution < 1.29 is 14.6 Å². The van der Waals surface area contributed by atoms with Gasteiger partial charge in [-0.05, 0) is 19.9 Å². The number of amides is 1. The molecule has 94 valence electrons. The average Bonchev–Trinajstić information content (AvgIpc) is 2.28. The highest BCUT2D eigenvalue weighted by Gasteiger charge is 2.27. The van der Waals surface area contributed by atoms with Crippen LogP contribution in [-0.2, 0) is 9.53 Å². The third kappa shape index (κ3) is 4.08. The summed E-state index contributed by atoms with van der Waals surface area (Å²) in [6.07, 6.45) is 0.784. The largest absolute Gasteiger partial charge is 0.394 e. The number of nitrogens with one attached hydrogen (secondary N) is 1. The van der Waals surface area contributed by atoms with Crippen LogP contribution in [0.2, 0.25) is 0 Å². The molecule has 1 rings (SSSR count). The van der Waals surface area contributed by atoms with E-state index in [2.05, 4.69) is 12.2 Å². The van der Waals surface area contributed by atoms with Crippen LogP contribution in [0, 0.1) is 0 Å². The minimum atomic E-state index is -0.237. The number of rotatable bonds is 5. The molecule has 1 aliphatic rings. The van der Waals surface area contributed by atoms with Crippen molar-refractivity contribution >= 4 is 5.91 Å². The zero-order valence-electron chi connectivity index (χ0n) is 10.1. The van der Waals surface area contributed by atoms with Gasteiger partial charge in [-0.3, -0.25) is 4.79 Å². The van der Waals surface area contributed by atoms with Crippen LogP contribution in [0.4, 0.5) is 0 Å². The molecule has 0 aliphatic carbocycles. The van der Waals surface area contributed by atoms with Gasteiger partial charge in [-0.15, -0.1) is 0 Å². The molecule has 0 spiro atoms. The summed E-state index contributed by atoms with van der Waals surface area (Å²) in [6, 6.07) is 0. The van der Waals surface area contributed by atoms with E-state index in [1.165, 1.54) is 0 Å². The quantitative estimate of drug-likeness (QED) is 0.631. The highest BCUT2D eigenvalue weighted by molar-refractivity contribution is 5.78. The van der Waals surface area contributed by atoms with Gasteiger partial charge in [0.2, 0.25) is 5.91 Å². The predicted octanol–water partition coefficient (Wildman–Crippen LogP) is -0.406. The molecule has 0 bridgehead atoms. The number of aliphatic hydroxyl groups is 1. The number of morpholine rings is 1. The van der Waals surface area contributed by atoms with Gasteiger partial charge in [0, 0.05) is 13.1 Å². The number of carbonyl (C=O) groups excluding carboxylic acids is 1. The van der Waals surface area contributed by atoms with Crippen molar-refractivity contribution in [1.29, 1.82) is 0 Å². The number of nitrogens with zero attached hydrogens (tertiary/aromatic N) is 1. The van der Waals surface area contributed by atoms with Gasteiger partial charge in [-0.25, -0.2) is 0 Å². The lowest BCUT2D eigenvalue weighted by molar-refractivity contribution is -0.146. The number of hydrogen-bond donors (Lipinski definition) is 2. The second-order valence-electron chi connectivity index (χ2n) is 4.23. The molecular weight excluding hydrogens is 208 g/mol. The minimum absolute atomic E-state index is 0.000949. The monoisotopic (exact) mass is 230 g/mol. The van der Waals surface area contributed by atoms with E-state index < -0.39 is 0 Å². The molecule has 0 aromatic carbocycles. The summed E-state index contributed by atoms with van der Waals surface area (Å²) in [5.41, 5.74) is 0. The van der Waals surface area contributed by atoms with Gasteiger partial charge >= 0.3 is 0 Å². The molecule has 0 aromatic rings. The van der Waals surface area contributed by atoms with Crippen LogP contribution in [0.1, 0.15) is 20.3 Å². The standard InChI is InChI=1S/C11H22N2O3/c1-3-4-12-5-11(15)13-6-9(2)16-10(7-13)8-14/h9-10,12,14H,3-8H2,1-2H3. The fourth-order valence-electron chi connectivity index (χ4n) is 1.83. The fraction of sp³-hybridized carbons (Fsp3) is 0.909. The van der Waals surface area contributed by atoms with Crippen molar-refractivity contribution in [3.8, 4) is 0 Å². The highest BCUT2D eigenvalue weighted by Crippen LogP contribution is 2.10. The maximum Gasteiger partial charge on any atom is 0.236 e. The average molecular weight is 230 g/mol. The summed E-state index contributed by atoms with van der Waals surface area (Å²) in [6.45, 7) is 6.29. The molecule has 1 fully saturated rings. The van der Waals surface area contributed by atoms with Crippen molar-refractivity contribution in [2.75, 3.05) is 32.8 Å². The van der Waals surface area contributed by atoms with Crippen LogP contribution in [0.15, 0.2) is 0 Å². The summed E-state index contributed by atoms with van der Waals surface area (Å²) in [5.74, 6) is 0.0852. The van der Waals surface area contributed by atoms with Crippen molar-refractivity contribution in [3.63, 3.8) is 0 Å².